The summed E-state index contributed by atoms with van der Waals surface area (Å²) in [4.78, 5) is 6.96. The topological polar surface area (TPSA) is 100 Å². The van der Waals surface area contributed by atoms with Crippen molar-refractivity contribution >= 4 is 23.1 Å². The molecule has 0 aliphatic carbocycles. The van der Waals surface area contributed by atoms with Crippen molar-refractivity contribution in [1.29, 1.82) is 0 Å². The fourth-order valence-electron chi connectivity index (χ4n) is 4.13. The lowest BCUT2D eigenvalue weighted by Crippen LogP contribution is -2.19. The summed E-state index contributed by atoms with van der Waals surface area (Å²) in [6, 6.07) is 14.6. The molecule has 4 aromatic rings. The first-order chi connectivity index (χ1) is 14.2. The molecule has 0 amide bonds. The SMILES string of the molecule is Cc1cc(Nc2nc(N)c3c(C4CCN(Cc5ccccc5)C4)ccn3n2)n[nH]1. The van der Waals surface area contributed by atoms with Gasteiger partial charge in [-0.1, -0.05) is 30.3 Å². The highest BCUT2D eigenvalue weighted by Crippen LogP contribution is 2.33. The molecule has 4 N–H and O–H groups in total. The lowest BCUT2D eigenvalue weighted by Gasteiger charge is -2.16. The number of nitrogens with two attached hydrogens (primary N) is 1. The van der Waals surface area contributed by atoms with E-state index in [0.717, 1.165) is 37.3 Å². The smallest absolute Gasteiger partial charge is 0.248 e. The lowest BCUT2D eigenvalue weighted by atomic mass is 10.00. The lowest BCUT2D eigenvalue weighted by molar-refractivity contribution is 0.327. The number of hydrogen-bond acceptors (Lipinski definition) is 6. The van der Waals surface area contributed by atoms with Gasteiger partial charge in [-0.15, -0.1) is 5.10 Å². The second kappa shape index (κ2) is 7.21. The Bertz CT molecular complexity index is 1130. The maximum Gasteiger partial charge on any atom is 0.248 e. The van der Waals surface area contributed by atoms with Crippen molar-refractivity contribution in [3.8, 4) is 0 Å². The van der Waals surface area contributed by atoms with Crippen LogP contribution in [0, 0.1) is 6.92 Å². The van der Waals surface area contributed by atoms with Crippen LogP contribution in [-0.2, 0) is 6.54 Å². The quantitative estimate of drug-likeness (QED) is 0.486. The zero-order valence-corrected chi connectivity index (χ0v) is 16.3. The van der Waals surface area contributed by atoms with Crippen LogP contribution in [0.4, 0.5) is 17.6 Å². The number of rotatable bonds is 5. The molecule has 5 rings (SSSR count). The normalized spacial score (nSPS) is 17.2. The summed E-state index contributed by atoms with van der Waals surface area (Å²) in [6.07, 6.45) is 3.07. The average Bonchev–Trinajstić information content (AvgIpc) is 3.43. The van der Waals surface area contributed by atoms with Gasteiger partial charge in [0, 0.05) is 37.0 Å². The van der Waals surface area contributed by atoms with Crippen molar-refractivity contribution in [2.24, 2.45) is 0 Å². The van der Waals surface area contributed by atoms with Crippen LogP contribution in [0.5, 0.6) is 0 Å². The predicted octanol–water partition coefficient (Wildman–Crippen LogP) is 3.08. The van der Waals surface area contributed by atoms with E-state index in [1.165, 1.54) is 11.1 Å². The molecule has 1 fully saturated rings. The molecule has 1 aliphatic rings. The molecule has 8 nitrogen and oxygen atoms in total. The molecule has 1 unspecified atom stereocenters. The predicted molar refractivity (Wildman–Crippen MR) is 113 cm³/mol. The Morgan fingerprint density at radius 1 is 1.24 bits per heavy atom. The third-order valence-electron chi connectivity index (χ3n) is 5.48. The number of likely N-dealkylation sites (tertiary alicyclic amines) is 1. The highest BCUT2D eigenvalue weighted by Gasteiger charge is 2.27. The zero-order valence-electron chi connectivity index (χ0n) is 16.3. The zero-order chi connectivity index (χ0) is 19.8. The van der Waals surface area contributed by atoms with Crippen LogP contribution < -0.4 is 11.1 Å². The molecule has 29 heavy (non-hydrogen) atoms. The van der Waals surface area contributed by atoms with E-state index < -0.39 is 0 Å². The molecule has 3 aromatic heterocycles. The second-order valence-electron chi connectivity index (χ2n) is 7.65. The minimum Gasteiger partial charge on any atom is -0.382 e. The molecular formula is C21H24N8. The number of H-pyrrole nitrogens is 1. The monoisotopic (exact) mass is 388 g/mol. The van der Waals surface area contributed by atoms with Gasteiger partial charge < -0.3 is 11.1 Å². The van der Waals surface area contributed by atoms with Gasteiger partial charge in [0.15, 0.2) is 11.6 Å². The van der Waals surface area contributed by atoms with Crippen LogP contribution in [0.1, 0.15) is 29.2 Å². The first-order valence-electron chi connectivity index (χ1n) is 9.86. The van der Waals surface area contributed by atoms with E-state index in [-0.39, 0.29) is 0 Å². The number of nitrogens with one attached hydrogen (secondary N) is 2. The third-order valence-corrected chi connectivity index (χ3v) is 5.48. The number of nitrogen functional groups attached to an aromatic ring is 1. The number of aromatic nitrogens is 5. The van der Waals surface area contributed by atoms with Crippen molar-refractivity contribution in [2.45, 2.75) is 25.8 Å². The number of fused-ring (bicyclic) bond motifs is 1. The Balaban J connectivity index is 1.36. The minimum atomic E-state index is 0.431. The summed E-state index contributed by atoms with van der Waals surface area (Å²) < 4.78 is 1.82. The van der Waals surface area contributed by atoms with Crippen molar-refractivity contribution in [1.82, 2.24) is 29.7 Å². The third kappa shape index (κ3) is 3.54. The number of nitrogens with zero attached hydrogens (tertiary/aromatic N) is 5. The van der Waals surface area contributed by atoms with Crippen molar-refractivity contribution in [3.05, 3.63) is 65.5 Å². The fraction of sp³-hybridized carbons (Fsp3) is 0.286. The largest absolute Gasteiger partial charge is 0.382 e. The van der Waals surface area contributed by atoms with E-state index in [0.29, 0.717) is 23.5 Å². The van der Waals surface area contributed by atoms with E-state index in [1.54, 1.807) is 0 Å². The Morgan fingerprint density at radius 3 is 2.90 bits per heavy atom. The van der Waals surface area contributed by atoms with Gasteiger partial charge in [0.05, 0.1) is 0 Å². The van der Waals surface area contributed by atoms with E-state index >= 15 is 0 Å². The molecular weight excluding hydrogens is 364 g/mol. The Labute approximate surface area is 168 Å². The van der Waals surface area contributed by atoms with Gasteiger partial charge in [0.2, 0.25) is 5.95 Å². The molecule has 1 aliphatic heterocycles. The molecule has 148 valence electrons. The first-order valence-corrected chi connectivity index (χ1v) is 9.86. The van der Waals surface area contributed by atoms with E-state index in [1.807, 2.05) is 23.7 Å². The van der Waals surface area contributed by atoms with Crippen LogP contribution in [0.25, 0.3) is 5.52 Å². The average molecular weight is 388 g/mol. The Morgan fingerprint density at radius 2 is 2.10 bits per heavy atom. The summed E-state index contributed by atoms with van der Waals surface area (Å²) >= 11 is 0. The van der Waals surface area contributed by atoms with Crippen molar-refractivity contribution < 1.29 is 0 Å². The molecule has 4 heterocycles. The Kier molecular flexibility index (Phi) is 4.40. The summed E-state index contributed by atoms with van der Waals surface area (Å²) in [5.41, 5.74) is 10.8. The first kappa shape index (κ1) is 17.7. The summed E-state index contributed by atoms with van der Waals surface area (Å²) in [6.45, 7) is 5.01. The molecule has 1 atom stereocenters. The number of aryl methyl sites for hydroxylation is 1. The summed E-state index contributed by atoms with van der Waals surface area (Å²) in [5.74, 6) is 2.01. The highest BCUT2D eigenvalue weighted by molar-refractivity contribution is 5.72. The van der Waals surface area contributed by atoms with Gasteiger partial charge >= 0.3 is 0 Å². The maximum atomic E-state index is 6.33. The molecule has 8 heteroatoms. The number of aromatic amines is 1. The van der Waals surface area contributed by atoms with Crippen LogP contribution in [0.2, 0.25) is 0 Å². The minimum absolute atomic E-state index is 0.431. The molecule has 1 aromatic carbocycles. The standard InChI is InChI=1S/C21H24N8/c1-14-11-18(26-25-14)23-21-24-20(22)19-17(8-10-29(19)27-21)16-7-9-28(13-16)12-15-5-3-2-4-6-15/h2-6,8,10-11,16H,7,9,12-13H2,1H3,(H4,22,23,24,25,26,27). The van der Waals surface area contributed by atoms with E-state index in [4.69, 9.17) is 5.73 Å². The second-order valence-corrected chi connectivity index (χ2v) is 7.65. The highest BCUT2D eigenvalue weighted by atomic mass is 15.3. The molecule has 0 spiro atoms. The van der Waals surface area contributed by atoms with Gasteiger partial charge in [-0.25, -0.2) is 4.52 Å². The molecule has 0 radical (unpaired) electrons. The van der Waals surface area contributed by atoms with Crippen molar-refractivity contribution in [2.75, 3.05) is 24.1 Å². The van der Waals surface area contributed by atoms with Crippen molar-refractivity contribution in [3.63, 3.8) is 0 Å². The summed E-state index contributed by atoms with van der Waals surface area (Å²) in [5, 5.41) is 14.7. The fourth-order valence-corrected chi connectivity index (χ4v) is 4.13. The maximum absolute atomic E-state index is 6.33. The van der Waals surface area contributed by atoms with Gasteiger partial charge in [-0.2, -0.15) is 10.1 Å². The van der Waals surface area contributed by atoms with Gasteiger partial charge in [0.1, 0.15) is 5.52 Å². The van der Waals surface area contributed by atoms with Gasteiger partial charge in [-0.05, 0) is 37.1 Å². The van der Waals surface area contributed by atoms with Gasteiger partial charge in [0.25, 0.3) is 0 Å². The van der Waals surface area contributed by atoms with Gasteiger partial charge in [-0.3, -0.25) is 10.00 Å². The van der Waals surface area contributed by atoms with E-state index in [2.05, 4.69) is 66.9 Å². The number of hydrogen-bond donors (Lipinski definition) is 3. The number of anilines is 3. The van der Waals surface area contributed by atoms with Crippen LogP contribution >= 0.6 is 0 Å². The van der Waals surface area contributed by atoms with E-state index in [9.17, 15) is 0 Å². The molecule has 0 bridgehead atoms. The van der Waals surface area contributed by atoms with Crippen LogP contribution in [0.3, 0.4) is 0 Å². The van der Waals surface area contributed by atoms with Crippen LogP contribution in [-0.4, -0.2) is 42.8 Å². The molecule has 0 saturated carbocycles. The Hall–Kier alpha value is -3.39. The number of benzene rings is 1. The molecule has 1 saturated heterocycles. The summed E-state index contributed by atoms with van der Waals surface area (Å²) in [7, 11) is 0. The van der Waals surface area contributed by atoms with Crippen LogP contribution in [0.15, 0.2) is 48.7 Å².